The summed E-state index contributed by atoms with van der Waals surface area (Å²) in [6.45, 7) is 11.6. The largest absolute Gasteiger partial charge is 0.519 e. The Bertz CT molecular complexity index is 326. The summed E-state index contributed by atoms with van der Waals surface area (Å²) < 4.78 is 12.0. The maximum absolute atomic E-state index is 11.8. The van der Waals surface area contributed by atoms with Crippen molar-refractivity contribution in [2.75, 3.05) is 0 Å². The van der Waals surface area contributed by atoms with Crippen molar-refractivity contribution in [3.05, 3.63) is 0 Å². The summed E-state index contributed by atoms with van der Waals surface area (Å²) in [6.07, 6.45) is 4.06. The molecule has 0 aromatic rings. The van der Waals surface area contributed by atoms with Crippen LogP contribution in [0.5, 0.6) is 0 Å². The van der Waals surface area contributed by atoms with Gasteiger partial charge < -0.3 is 8.85 Å². The van der Waals surface area contributed by atoms with Crippen LogP contribution in [0, 0.1) is 0 Å². The molecule has 6 heteroatoms. The van der Waals surface area contributed by atoms with Crippen molar-refractivity contribution in [1.82, 2.24) is 0 Å². The number of carbonyl (C=O) groups is 2. The molecule has 0 aliphatic heterocycles. The second kappa shape index (κ2) is 11.0. The van der Waals surface area contributed by atoms with Gasteiger partial charge in [0.25, 0.3) is 28.6 Å². The summed E-state index contributed by atoms with van der Waals surface area (Å²) in [5.74, 6) is -0.338. The van der Waals surface area contributed by atoms with Gasteiger partial charge in [0.2, 0.25) is 0 Å². The molecular formula is C17H36O4Si2. The fourth-order valence-corrected chi connectivity index (χ4v) is 17.8. The molecule has 0 saturated heterocycles. The minimum absolute atomic E-state index is 0.169. The average Bonchev–Trinajstić information content (AvgIpc) is 2.37. The van der Waals surface area contributed by atoms with Crippen LogP contribution in [0.2, 0.25) is 29.8 Å². The molecule has 4 nitrogen and oxygen atoms in total. The summed E-state index contributed by atoms with van der Waals surface area (Å²) in [7, 11) is -4.40. The Morgan fingerprint density at radius 2 is 0.913 bits per heavy atom. The van der Waals surface area contributed by atoms with Gasteiger partial charge >= 0.3 is 0 Å². The SMILES string of the molecule is CCC[Si](CCC)(C[Si](CCC)(CCC)OC(C)=O)OC(C)=O. The molecule has 0 heterocycles. The number of hydrogen-bond acceptors (Lipinski definition) is 4. The summed E-state index contributed by atoms with van der Waals surface area (Å²) >= 11 is 0. The molecule has 0 radical (unpaired) electrons. The van der Waals surface area contributed by atoms with Gasteiger partial charge in [-0.1, -0.05) is 53.4 Å². The van der Waals surface area contributed by atoms with Gasteiger partial charge in [0.15, 0.2) is 0 Å². The highest BCUT2D eigenvalue weighted by atomic mass is 28.4. The van der Waals surface area contributed by atoms with Crippen molar-refractivity contribution in [2.45, 2.75) is 97.1 Å². The van der Waals surface area contributed by atoms with Crippen LogP contribution in [-0.4, -0.2) is 28.6 Å². The van der Waals surface area contributed by atoms with E-state index in [1.165, 1.54) is 13.8 Å². The van der Waals surface area contributed by atoms with E-state index in [4.69, 9.17) is 8.85 Å². The van der Waals surface area contributed by atoms with Gasteiger partial charge in [-0.05, 0) is 24.2 Å². The van der Waals surface area contributed by atoms with Crippen molar-refractivity contribution in [1.29, 1.82) is 0 Å². The lowest BCUT2D eigenvalue weighted by atomic mass is 10.6. The van der Waals surface area contributed by atoms with Crippen molar-refractivity contribution in [3.63, 3.8) is 0 Å². The smallest absolute Gasteiger partial charge is 0.289 e. The van der Waals surface area contributed by atoms with E-state index in [1.54, 1.807) is 0 Å². The van der Waals surface area contributed by atoms with Crippen molar-refractivity contribution in [2.24, 2.45) is 0 Å². The molecule has 0 rings (SSSR count). The van der Waals surface area contributed by atoms with Crippen LogP contribution >= 0.6 is 0 Å². The number of carbonyl (C=O) groups excluding carboxylic acids is 2. The van der Waals surface area contributed by atoms with Gasteiger partial charge in [-0.25, -0.2) is 0 Å². The Kier molecular flexibility index (Phi) is 10.7. The molecule has 23 heavy (non-hydrogen) atoms. The third-order valence-electron chi connectivity index (χ3n) is 4.19. The zero-order valence-electron chi connectivity index (χ0n) is 16.0. The minimum atomic E-state index is -2.20. The monoisotopic (exact) mass is 360 g/mol. The molecular weight excluding hydrogens is 324 g/mol. The van der Waals surface area contributed by atoms with Gasteiger partial charge in [0.1, 0.15) is 0 Å². The van der Waals surface area contributed by atoms with Gasteiger partial charge in [-0.2, -0.15) is 0 Å². The third kappa shape index (κ3) is 8.15. The summed E-state index contributed by atoms with van der Waals surface area (Å²) in [4.78, 5) is 23.5. The van der Waals surface area contributed by atoms with Gasteiger partial charge in [-0.15, -0.1) is 0 Å². The summed E-state index contributed by atoms with van der Waals surface area (Å²) in [5.41, 5.74) is 0.878. The lowest BCUT2D eigenvalue weighted by Gasteiger charge is -2.39. The molecule has 0 saturated carbocycles. The predicted octanol–water partition coefficient (Wildman–Crippen LogP) is 5.18. The quantitative estimate of drug-likeness (QED) is 0.450. The Labute approximate surface area is 144 Å². The van der Waals surface area contributed by atoms with Crippen LogP contribution in [0.4, 0.5) is 0 Å². The van der Waals surface area contributed by atoms with E-state index >= 15 is 0 Å². The lowest BCUT2D eigenvalue weighted by Crippen LogP contribution is -2.52. The summed E-state index contributed by atoms with van der Waals surface area (Å²) in [5, 5.41) is 0. The summed E-state index contributed by atoms with van der Waals surface area (Å²) in [6, 6.07) is 3.90. The molecule has 0 bridgehead atoms. The molecule has 0 unspecified atom stereocenters. The van der Waals surface area contributed by atoms with E-state index in [9.17, 15) is 9.59 Å². The van der Waals surface area contributed by atoms with Crippen LogP contribution in [0.15, 0.2) is 0 Å². The van der Waals surface area contributed by atoms with Gasteiger partial charge in [-0.3, -0.25) is 9.59 Å². The maximum atomic E-state index is 11.8. The van der Waals surface area contributed by atoms with Crippen molar-refractivity contribution < 1.29 is 18.4 Å². The fourth-order valence-electron chi connectivity index (χ4n) is 3.90. The Balaban J connectivity index is 5.67. The van der Waals surface area contributed by atoms with E-state index in [-0.39, 0.29) is 11.9 Å². The first-order valence-electron chi connectivity index (χ1n) is 9.17. The highest BCUT2D eigenvalue weighted by Crippen LogP contribution is 2.36. The Morgan fingerprint density at radius 3 is 1.09 bits per heavy atom. The van der Waals surface area contributed by atoms with E-state index in [0.717, 1.165) is 55.5 Å². The highest BCUT2D eigenvalue weighted by Gasteiger charge is 2.48. The maximum Gasteiger partial charge on any atom is 0.289 e. The van der Waals surface area contributed by atoms with Crippen molar-refractivity contribution >= 4 is 28.6 Å². The van der Waals surface area contributed by atoms with Crippen LogP contribution in [0.3, 0.4) is 0 Å². The van der Waals surface area contributed by atoms with E-state index < -0.39 is 16.6 Å². The molecule has 0 spiro atoms. The van der Waals surface area contributed by atoms with Crippen LogP contribution in [-0.2, 0) is 18.4 Å². The van der Waals surface area contributed by atoms with E-state index in [0.29, 0.717) is 0 Å². The standard InChI is InChI=1S/C17H36O4Si2/c1-7-11-22(12-8-2,20-16(5)18)15-23(13-9-3,14-10-4)21-17(6)19/h7-15H2,1-6H3. The second-order valence-electron chi connectivity index (χ2n) is 6.73. The molecule has 0 amide bonds. The molecule has 0 fully saturated rings. The zero-order chi connectivity index (χ0) is 17.9. The Hall–Kier alpha value is -0.626. The Morgan fingerprint density at radius 1 is 0.652 bits per heavy atom. The number of hydrogen-bond donors (Lipinski definition) is 0. The topological polar surface area (TPSA) is 52.6 Å². The molecule has 0 aliphatic rings. The van der Waals surface area contributed by atoms with Crippen LogP contribution in [0.25, 0.3) is 0 Å². The molecule has 0 aromatic heterocycles. The molecule has 0 aliphatic carbocycles. The minimum Gasteiger partial charge on any atom is -0.519 e. The van der Waals surface area contributed by atoms with Gasteiger partial charge in [0.05, 0.1) is 0 Å². The average molecular weight is 361 g/mol. The lowest BCUT2D eigenvalue weighted by molar-refractivity contribution is -0.133. The fraction of sp³-hybridized carbons (Fsp3) is 0.882. The zero-order valence-corrected chi connectivity index (χ0v) is 18.0. The first-order valence-corrected chi connectivity index (χ1v) is 14.2. The number of rotatable bonds is 12. The molecule has 136 valence electrons. The van der Waals surface area contributed by atoms with E-state index in [1.807, 2.05) is 0 Å². The van der Waals surface area contributed by atoms with Crippen LogP contribution < -0.4 is 0 Å². The first kappa shape index (κ1) is 22.4. The predicted molar refractivity (Wildman–Crippen MR) is 100 cm³/mol. The van der Waals surface area contributed by atoms with Gasteiger partial charge in [0, 0.05) is 19.5 Å². The first-order chi connectivity index (χ1) is 10.8. The van der Waals surface area contributed by atoms with Crippen molar-refractivity contribution in [3.8, 4) is 0 Å². The van der Waals surface area contributed by atoms with Crippen LogP contribution in [0.1, 0.15) is 67.2 Å². The van der Waals surface area contributed by atoms with E-state index in [2.05, 4.69) is 27.7 Å². The molecule has 0 N–H and O–H groups in total. The third-order valence-corrected chi connectivity index (χ3v) is 16.4. The second-order valence-corrected chi connectivity index (χ2v) is 15.3. The molecule has 0 aromatic carbocycles. The highest BCUT2D eigenvalue weighted by molar-refractivity contribution is 6.93. The normalized spacial score (nSPS) is 12.1. The molecule has 0 atom stereocenters.